The SMILES string of the molecule is CN=C(NCCNC(=O)Cc1ccc(F)cc1)N(C)Cc1ccccc1C. The summed E-state index contributed by atoms with van der Waals surface area (Å²) in [5.41, 5.74) is 3.28. The van der Waals surface area contributed by atoms with Gasteiger partial charge in [0.2, 0.25) is 5.91 Å². The summed E-state index contributed by atoms with van der Waals surface area (Å²) in [4.78, 5) is 18.3. The molecule has 1 amide bonds. The van der Waals surface area contributed by atoms with Gasteiger partial charge in [-0.1, -0.05) is 36.4 Å². The van der Waals surface area contributed by atoms with E-state index >= 15 is 0 Å². The zero-order valence-electron chi connectivity index (χ0n) is 16.1. The zero-order chi connectivity index (χ0) is 19.6. The largest absolute Gasteiger partial charge is 0.354 e. The Hall–Kier alpha value is -2.89. The summed E-state index contributed by atoms with van der Waals surface area (Å²) < 4.78 is 12.9. The molecule has 0 aliphatic rings. The summed E-state index contributed by atoms with van der Waals surface area (Å²) in [7, 11) is 3.72. The Morgan fingerprint density at radius 2 is 1.74 bits per heavy atom. The lowest BCUT2D eigenvalue weighted by Gasteiger charge is -2.23. The van der Waals surface area contributed by atoms with E-state index in [1.165, 1.54) is 23.3 Å². The fraction of sp³-hybridized carbons (Fsp3) is 0.333. The maximum absolute atomic E-state index is 12.9. The highest BCUT2D eigenvalue weighted by molar-refractivity contribution is 5.80. The number of hydrogen-bond donors (Lipinski definition) is 2. The van der Waals surface area contributed by atoms with Gasteiger partial charge in [-0.15, -0.1) is 0 Å². The minimum Gasteiger partial charge on any atom is -0.354 e. The predicted molar refractivity (Wildman–Crippen MR) is 107 cm³/mol. The molecule has 0 aliphatic carbocycles. The van der Waals surface area contributed by atoms with E-state index in [9.17, 15) is 9.18 Å². The Kier molecular flexibility index (Phi) is 7.79. The molecule has 0 unspecified atom stereocenters. The lowest BCUT2D eigenvalue weighted by atomic mass is 10.1. The van der Waals surface area contributed by atoms with Crippen LogP contribution in [0.15, 0.2) is 53.5 Å². The van der Waals surface area contributed by atoms with E-state index in [-0.39, 0.29) is 18.1 Å². The van der Waals surface area contributed by atoms with Gasteiger partial charge in [0.05, 0.1) is 6.42 Å². The van der Waals surface area contributed by atoms with Crippen LogP contribution >= 0.6 is 0 Å². The maximum Gasteiger partial charge on any atom is 0.224 e. The number of guanidine groups is 1. The van der Waals surface area contributed by atoms with Crippen LogP contribution in [0.2, 0.25) is 0 Å². The molecular weight excluding hydrogens is 343 g/mol. The van der Waals surface area contributed by atoms with Gasteiger partial charge in [0.25, 0.3) is 0 Å². The molecule has 0 saturated carbocycles. The Morgan fingerprint density at radius 3 is 2.41 bits per heavy atom. The molecular formula is C21H27FN4O. The molecule has 2 rings (SSSR count). The molecule has 0 saturated heterocycles. The van der Waals surface area contributed by atoms with Crippen LogP contribution in [-0.2, 0) is 17.8 Å². The van der Waals surface area contributed by atoms with Crippen LogP contribution in [0.5, 0.6) is 0 Å². The molecule has 2 aromatic carbocycles. The number of halogens is 1. The molecule has 0 atom stereocenters. The fourth-order valence-corrected chi connectivity index (χ4v) is 2.73. The first-order chi connectivity index (χ1) is 13.0. The number of amides is 1. The van der Waals surface area contributed by atoms with Gasteiger partial charge >= 0.3 is 0 Å². The standard InChI is InChI=1S/C21H27FN4O/c1-16-6-4-5-7-18(16)15-26(3)21(23-2)25-13-12-24-20(27)14-17-8-10-19(22)11-9-17/h4-11H,12-15H2,1-3H3,(H,23,25)(H,24,27). The van der Waals surface area contributed by atoms with E-state index in [0.29, 0.717) is 13.1 Å². The monoisotopic (exact) mass is 370 g/mol. The number of aryl methyl sites for hydroxylation is 1. The molecule has 2 aromatic rings. The molecule has 0 spiro atoms. The van der Waals surface area contributed by atoms with Gasteiger partial charge in [-0.25, -0.2) is 4.39 Å². The van der Waals surface area contributed by atoms with E-state index in [1.54, 1.807) is 19.2 Å². The van der Waals surface area contributed by atoms with Gasteiger partial charge in [0, 0.05) is 33.7 Å². The Labute approximate surface area is 160 Å². The molecule has 0 bridgehead atoms. The average Bonchev–Trinajstić information content (AvgIpc) is 2.65. The third-order valence-electron chi connectivity index (χ3n) is 4.25. The van der Waals surface area contributed by atoms with Gasteiger partial charge in [0.15, 0.2) is 5.96 Å². The smallest absolute Gasteiger partial charge is 0.224 e. The van der Waals surface area contributed by atoms with Crippen LogP contribution in [0.25, 0.3) is 0 Å². The predicted octanol–water partition coefficient (Wildman–Crippen LogP) is 2.50. The van der Waals surface area contributed by atoms with E-state index in [1.807, 2.05) is 24.1 Å². The second-order valence-electron chi connectivity index (χ2n) is 6.41. The van der Waals surface area contributed by atoms with Crippen molar-refractivity contribution in [3.05, 3.63) is 71.0 Å². The number of carbonyl (C=O) groups is 1. The topological polar surface area (TPSA) is 56.7 Å². The zero-order valence-corrected chi connectivity index (χ0v) is 16.1. The van der Waals surface area contributed by atoms with Gasteiger partial charge in [-0.2, -0.15) is 0 Å². The first-order valence-electron chi connectivity index (χ1n) is 8.97. The Balaban J connectivity index is 1.73. The third kappa shape index (κ3) is 6.73. The fourth-order valence-electron chi connectivity index (χ4n) is 2.73. The van der Waals surface area contributed by atoms with Crippen LogP contribution in [0.1, 0.15) is 16.7 Å². The number of benzene rings is 2. The quantitative estimate of drug-likeness (QED) is 0.447. The summed E-state index contributed by atoms with van der Waals surface area (Å²) >= 11 is 0. The summed E-state index contributed by atoms with van der Waals surface area (Å²) in [5.74, 6) is 0.377. The number of nitrogens with one attached hydrogen (secondary N) is 2. The minimum absolute atomic E-state index is 0.0911. The molecule has 144 valence electrons. The molecule has 0 aliphatic heterocycles. The van der Waals surface area contributed by atoms with Gasteiger partial charge in [0.1, 0.15) is 5.82 Å². The number of carbonyl (C=O) groups excluding carboxylic acids is 1. The Bertz CT molecular complexity index is 774. The van der Waals surface area contributed by atoms with Gasteiger partial charge < -0.3 is 15.5 Å². The molecule has 6 heteroatoms. The highest BCUT2D eigenvalue weighted by atomic mass is 19.1. The molecule has 0 fully saturated rings. The van der Waals surface area contributed by atoms with Crippen LogP contribution < -0.4 is 10.6 Å². The maximum atomic E-state index is 12.9. The summed E-state index contributed by atoms with van der Waals surface area (Å²) in [6.07, 6.45) is 0.238. The van der Waals surface area contributed by atoms with E-state index in [2.05, 4.69) is 34.7 Å². The van der Waals surface area contributed by atoms with Gasteiger partial charge in [-0.05, 0) is 35.7 Å². The third-order valence-corrected chi connectivity index (χ3v) is 4.25. The van der Waals surface area contributed by atoms with Crippen LogP contribution in [-0.4, -0.2) is 44.0 Å². The molecule has 0 aromatic heterocycles. The van der Waals surface area contributed by atoms with E-state index in [4.69, 9.17) is 0 Å². The number of hydrogen-bond acceptors (Lipinski definition) is 2. The molecule has 5 nitrogen and oxygen atoms in total. The van der Waals surface area contributed by atoms with Crippen molar-refractivity contribution in [2.45, 2.75) is 19.9 Å². The van der Waals surface area contributed by atoms with Crippen molar-refractivity contribution >= 4 is 11.9 Å². The van der Waals surface area contributed by atoms with E-state index < -0.39 is 0 Å². The van der Waals surface area contributed by atoms with Crippen molar-refractivity contribution in [3.8, 4) is 0 Å². The highest BCUT2D eigenvalue weighted by Gasteiger charge is 2.08. The number of aliphatic imine (C=N–C) groups is 1. The second kappa shape index (κ2) is 10.3. The van der Waals surface area contributed by atoms with Crippen LogP contribution in [0, 0.1) is 12.7 Å². The Morgan fingerprint density at radius 1 is 1.07 bits per heavy atom. The molecule has 2 N–H and O–H groups in total. The first kappa shape index (κ1) is 20.4. The van der Waals surface area contributed by atoms with Crippen molar-refractivity contribution in [1.82, 2.24) is 15.5 Å². The first-order valence-corrected chi connectivity index (χ1v) is 8.97. The van der Waals surface area contributed by atoms with E-state index in [0.717, 1.165) is 18.1 Å². The molecule has 27 heavy (non-hydrogen) atoms. The minimum atomic E-state index is -0.301. The van der Waals surface area contributed by atoms with Crippen LogP contribution in [0.3, 0.4) is 0 Å². The van der Waals surface area contributed by atoms with Gasteiger partial charge in [-0.3, -0.25) is 9.79 Å². The molecule has 0 heterocycles. The lowest BCUT2D eigenvalue weighted by molar-refractivity contribution is -0.120. The van der Waals surface area contributed by atoms with Crippen molar-refractivity contribution in [2.75, 3.05) is 27.2 Å². The van der Waals surface area contributed by atoms with Crippen molar-refractivity contribution in [1.29, 1.82) is 0 Å². The number of nitrogens with zero attached hydrogens (tertiary/aromatic N) is 2. The van der Waals surface area contributed by atoms with Crippen LogP contribution in [0.4, 0.5) is 4.39 Å². The summed E-state index contributed by atoms with van der Waals surface area (Å²) in [6.45, 7) is 3.90. The number of rotatable bonds is 7. The van der Waals surface area contributed by atoms with Crippen molar-refractivity contribution in [3.63, 3.8) is 0 Å². The van der Waals surface area contributed by atoms with Crippen molar-refractivity contribution < 1.29 is 9.18 Å². The highest BCUT2D eigenvalue weighted by Crippen LogP contribution is 2.09. The summed E-state index contributed by atoms with van der Waals surface area (Å²) in [6, 6.07) is 14.2. The summed E-state index contributed by atoms with van der Waals surface area (Å²) in [5, 5.41) is 6.10. The lowest BCUT2D eigenvalue weighted by Crippen LogP contribution is -2.42. The molecule has 0 radical (unpaired) electrons. The average molecular weight is 370 g/mol. The van der Waals surface area contributed by atoms with Crippen molar-refractivity contribution in [2.24, 2.45) is 4.99 Å². The second-order valence-corrected chi connectivity index (χ2v) is 6.41. The normalized spacial score (nSPS) is 11.2.